The molecule has 0 aromatic carbocycles. The molecule has 0 amide bonds. The Morgan fingerprint density at radius 1 is 1.19 bits per heavy atom. The van der Waals surface area contributed by atoms with Crippen LogP contribution in [0, 0.1) is 0 Å². The summed E-state index contributed by atoms with van der Waals surface area (Å²) in [5.41, 5.74) is 0. The molecule has 0 rings (SSSR count). The summed E-state index contributed by atoms with van der Waals surface area (Å²) in [6.45, 7) is 12.9. The van der Waals surface area contributed by atoms with E-state index in [9.17, 15) is 9.59 Å². The molecule has 0 aliphatic carbocycles. The Labute approximate surface area is 129 Å². The van der Waals surface area contributed by atoms with Gasteiger partial charge in [-0.1, -0.05) is 20.8 Å². The molecule has 1 atom stereocenters. The van der Waals surface area contributed by atoms with Gasteiger partial charge in [-0.2, -0.15) is 0 Å². The van der Waals surface area contributed by atoms with Crippen molar-refractivity contribution in [3.63, 3.8) is 0 Å². The van der Waals surface area contributed by atoms with Gasteiger partial charge < -0.3 is 13.9 Å². The third kappa shape index (κ3) is 8.21. The van der Waals surface area contributed by atoms with Gasteiger partial charge in [-0.25, -0.2) is 0 Å². The predicted molar refractivity (Wildman–Crippen MR) is 84.6 cm³/mol. The van der Waals surface area contributed by atoms with E-state index in [0.717, 1.165) is 6.42 Å². The fourth-order valence-corrected chi connectivity index (χ4v) is 2.65. The first-order chi connectivity index (χ1) is 9.49. The molecule has 124 valence electrons. The van der Waals surface area contributed by atoms with Gasteiger partial charge in [0.15, 0.2) is 8.32 Å². The number of hydrogen-bond donors (Lipinski definition) is 0. The zero-order valence-electron chi connectivity index (χ0n) is 14.4. The molecule has 0 radical (unpaired) electrons. The smallest absolute Gasteiger partial charge is 0.309 e. The van der Waals surface area contributed by atoms with E-state index >= 15 is 0 Å². The highest BCUT2D eigenvalue weighted by Crippen LogP contribution is 2.36. The number of carbonyl (C=O) groups is 2. The van der Waals surface area contributed by atoms with E-state index in [2.05, 4.69) is 38.6 Å². The van der Waals surface area contributed by atoms with Gasteiger partial charge in [-0.05, 0) is 31.0 Å². The predicted octanol–water partition coefficient (Wildman–Crippen LogP) is 3.28. The first kappa shape index (κ1) is 20.1. The van der Waals surface area contributed by atoms with Gasteiger partial charge in [0.2, 0.25) is 0 Å². The third-order valence-electron chi connectivity index (χ3n) is 3.89. The number of hydrogen-bond acceptors (Lipinski definition) is 5. The molecule has 0 heterocycles. The normalized spacial score (nSPS) is 13.7. The molecule has 5 nitrogen and oxygen atoms in total. The Bertz CT molecular complexity index is 346. The molecular weight excluding hydrogens is 288 g/mol. The summed E-state index contributed by atoms with van der Waals surface area (Å²) < 4.78 is 15.8. The van der Waals surface area contributed by atoms with Gasteiger partial charge in [0, 0.05) is 13.5 Å². The highest BCUT2D eigenvalue weighted by molar-refractivity contribution is 6.74. The van der Waals surface area contributed by atoms with Crippen LogP contribution in [0.4, 0.5) is 0 Å². The van der Waals surface area contributed by atoms with Crippen LogP contribution in [0.25, 0.3) is 0 Å². The number of rotatable bonds is 8. The van der Waals surface area contributed by atoms with Gasteiger partial charge in [-0.15, -0.1) is 0 Å². The third-order valence-corrected chi connectivity index (χ3v) is 8.43. The molecule has 0 saturated carbocycles. The Morgan fingerprint density at radius 2 is 1.76 bits per heavy atom. The van der Waals surface area contributed by atoms with Crippen LogP contribution in [0.3, 0.4) is 0 Å². The lowest BCUT2D eigenvalue weighted by molar-refractivity contribution is -0.152. The first-order valence-electron chi connectivity index (χ1n) is 7.37. The molecule has 0 bridgehead atoms. The Hall–Kier alpha value is -0.883. The number of carbonyl (C=O) groups excluding carboxylic acids is 2. The van der Waals surface area contributed by atoms with E-state index in [1.807, 2.05) is 0 Å². The molecule has 0 N–H and O–H groups in total. The minimum absolute atomic E-state index is 0.0934. The molecule has 0 saturated heterocycles. The van der Waals surface area contributed by atoms with E-state index in [1.54, 1.807) is 0 Å². The summed E-state index contributed by atoms with van der Waals surface area (Å²) in [5, 5.41) is 0.175. The second kappa shape index (κ2) is 8.53. The summed E-state index contributed by atoms with van der Waals surface area (Å²) >= 11 is 0. The lowest BCUT2D eigenvalue weighted by Gasteiger charge is -2.36. The van der Waals surface area contributed by atoms with Crippen LogP contribution in [0.15, 0.2) is 0 Å². The summed E-state index contributed by atoms with van der Waals surface area (Å²) in [7, 11) is -0.420. The van der Waals surface area contributed by atoms with Gasteiger partial charge in [0.25, 0.3) is 0 Å². The molecule has 0 fully saturated rings. The Kier molecular flexibility index (Phi) is 8.17. The van der Waals surface area contributed by atoms with Crippen molar-refractivity contribution in [2.75, 3.05) is 13.7 Å². The summed E-state index contributed by atoms with van der Waals surface area (Å²) in [4.78, 5) is 22.3. The van der Waals surface area contributed by atoms with Gasteiger partial charge in [-0.3, -0.25) is 9.59 Å². The van der Waals surface area contributed by atoms with E-state index in [4.69, 9.17) is 9.16 Å². The lowest BCUT2D eigenvalue weighted by atomic mass is 10.1. The maximum atomic E-state index is 11.3. The van der Waals surface area contributed by atoms with Crippen LogP contribution in [0.5, 0.6) is 0 Å². The molecule has 0 aromatic heterocycles. The van der Waals surface area contributed by atoms with Crippen LogP contribution in [0.2, 0.25) is 18.1 Å². The zero-order valence-corrected chi connectivity index (χ0v) is 15.4. The van der Waals surface area contributed by atoms with Crippen molar-refractivity contribution in [2.24, 2.45) is 0 Å². The monoisotopic (exact) mass is 318 g/mol. The number of ether oxygens (including phenoxy) is 2. The summed E-state index contributed by atoms with van der Waals surface area (Å²) in [6, 6.07) is 0. The Balaban J connectivity index is 4.25. The number of esters is 2. The van der Waals surface area contributed by atoms with Crippen molar-refractivity contribution in [3.8, 4) is 0 Å². The fourth-order valence-electron chi connectivity index (χ4n) is 1.56. The SMILES string of the molecule is COC(=O)CC(CCCO[Si](C)(C)C(C)(C)C)OC(C)=O. The van der Waals surface area contributed by atoms with Crippen LogP contribution in [-0.4, -0.2) is 40.1 Å². The number of methoxy groups -OCH3 is 1. The summed E-state index contributed by atoms with van der Waals surface area (Å²) in [6.07, 6.45) is 1.01. The fraction of sp³-hybridized carbons (Fsp3) is 0.867. The van der Waals surface area contributed by atoms with Gasteiger partial charge >= 0.3 is 11.9 Å². The van der Waals surface area contributed by atoms with E-state index in [-0.39, 0.29) is 23.4 Å². The van der Waals surface area contributed by atoms with Crippen LogP contribution < -0.4 is 0 Å². The van der Waals surface area contributed by atoms with Crippen molar-refractivity contribution < 1.29 is 23.5 Å². The van der Waals surface area contributed by atoms with Crippen LogP contribution in [0.1, 0.15) is 47.0 Å². The average molecular weight is 318 g/mol. The van der Waals surface area contributed by atoms with Crippen LogP contribution >= 0.6 is 0 Å². The quantitative estimate of drug-likeness (QED) is 0.390. The molecule has 6 heteroatoms. The van der Waals surface area contributed by atoms with Crippen LogP contribution in [-0.2, 0) is 23.5 Å². The highest BCUT2D eigenvalue weighted by Gasteiger charge is 2.36. The van der Waals surface area contributed by atoms with Crippen molar-refractivity contribution in [3.05, 3.63) is 0 Å². The molecule has 0 spiro atoms. The van der Waals surface area contributed by atoms with Crippen molar-refractivity contribution in [2.45, 2.75) is 71.2 Å². The van der Waals surface area contributed by atoms with Gasteiger partial charge in [0.05, 0.1) is 13.5 Å². The minimum atomic E-state index is -1.75. The highest BCUT2D eigenvalue weighted by atomic mass is 28.4. The maximum Gasteiger partial charge on any atom is 0.309 e. The molecule has 0 aliphatic heterocycles. The minimum Gasteiger partial charge on any atom is -0.469 e. The summed E-state index contributed by atoms with van der Waals surface area (Å²) in [5.74, 6) is -0.749. The molecule has 0 aromatic rings. The molecule has 21 heavy (non-hydrogen) atoms. The maximum absolute atomic E-state index is 11.3. The van der Waals surface area contributed by atoms with Gasteiger partial charge in [0.1, 0.15) is 6.10 Å². The topological polar surface area (TPSA) is 61.8 Å². The van der Waals surface area contributed by atoms with Crippen molar-refractivity contribution >= 4 is 20.3 Å². The molecule has 0 aliphatic rings. The van der Waals surface area contributed by atoms with Crippen molar-refractivity contribution in [1.29, 1.82) is 0 Å². The zero-order chi connectivity index (χ0) is 16.7. The molecule has 1 unspecified atom stereocenters. The average Bonchev–Trinajstić information content (AvgIpc) is 2.32. The van der Waals surface area contributed by atoms with E-state index in [0.29, 0.717) is 13.0 Å². The Morgan fingerprint density at radius 3 is 2.19 bits per heavy atom. The lowest BCUT2D eigenvalue weighted by Crippen LogP contribution is -2.41. The second-order valence-corrected chi connectivity index (χ2v) is 11.6. The first-order valence-corrected chi connectivity index (χ1v) is 10.3. The largest absolute Gasteiger partial charge is 0.469 e. The van der Waals surface area contributed by atoms with Crippen molar-refractivity contribution in [1.82, 2.24) is 0 Å². The standard InChI is InChI=1S/C15H30O5Si/c1-12(16)20-13(11-14(17)18-5)9-8-10-19-21(6,7)15(2,3)4/h13H,8-11H2,1-7H3. The second-order valence-electron chi connectivity index (χ2n) is 6.76. The van der Waals surface area contributed by atoms with E-state index in [1.165, 1.54) is 14.0 Å². The van der Waals surface area contributed by atoms with E-state index < -0.39 is 14.4 Å². The molecular formula is C15H30O5Si.